The summed E-state index contributed by atoms with van der Waals surface area (Å²) < 4.78 is 5.67. The minimum absolute atomic E-state index is 0.0304. The van der Waals surface area contributed by atoms with Gasteiger partial charge in [0.2, 0.25) is 0 Å². The lowest BCUT2D eigenvalue weighted by molar-refractivity contribution is -0.384. The monoisotopic (exact) mass is 300 g/mol. The van der Waals surface area contributed by atoms with Crippen LogP contribution in [-0.2, 0) is 6.54 Å². The van der Waals surface area contributed by atoms with Crippen molar-refractivity contribution in [3.8, 4) is 5.75 Å². The van der Waals surface area contributed by atoms with Crippen molar-refractivity contribution < 1.29 is 14.8 Å². The van der Waals surface area contributed by atoms with Crippen LogP contribution in [0.3, 0.4) is 0 Å². The smallest absolute Gasteiger partial charge is 0.271 e. The molecular formula is C16H16N2O4. The van der Waals surface area contributed by atoms with Gasteiger partial charge >= 0.3 is 0 Å². The van der Waals surface area contributed by atoms with Gasteiger partial charge in [0.1, 0.15) is 11.9 Å². The zero-order valence-corrected chi connectivity index (χ0v) is 11.9. The highest BCUT2D eigenvalue weighted by atomic mass is 16.6. The SMILES string of the molecule is O=[N+]([O-])c1ccc2c(c1)N(Cc1ccccc1)CC(CO)O2. The fourth-order valence-electron chi connectivity index (χ4n) is 2.58. The summed E-state index contributed by atoms with van der Waals surface area (Å²) in [4.78, 5) is 12.6. The van der Waals surface area contributed by atoms with Crippen molar-refractivity contribution >= 4 is 11.4 Å². The van der Waals surface area contributed by atoms with Crippen LogP contribution in [0.1, 0.15) is 5.56 Å². The van der Waals surface area contributed by atoms with Crippen LogP contribution in [0.5, 0.6) is 5.75 Å². The summed E-state index contributed by atoms with van der Waals surface area (Å²) in [6.07, 6.45) is -0.335. The van der Waals surface area contributed by atoms with Crippen molar-refractivity contribution in [2.24, 2.45) is 0 Å². The third-order valence-corrected chi connectivity index (χ3v) is 3.63. The van der Waals surface area contributed by atoms with Gasteiger partial charge in [-0.25, -0.2) is 0 Å². The van der Waals surface area contributed by atoms with Gasteiger partial charge in [0.25, 0.3) is 5.69 Å². The van der Waals surface area contributed by atoms with E-state index in [4.69, 9.17) is 4.74 Å². The Morgan fingerprint density at radius 1 is 1.27 bits per heavy atom. The first-order valence-corrected chi connectivity index (χ1v) is 7.02. The van der Waals surface area contributed by atoms with Gasteiger partial charge in [-0.2, -0.15) is 0 Å². The van der Waals surface area contributed by atoms with E-state index in [1.54, 1.807) is 6.07 Å². The Morgan fingerprint density at radius 2 is 2.05 bits per heavy atom. The second-order valence-electron chi connectivity index (χ2n) is 5.20. The van der Waals surface area contributed by atoms with Crippen molar-refractivity contribution in [3.63, 3.8) is 0 Å². The van der Waals surface area contributed by atoms with Gasteiger partial charge in [-0.1, -0.05) is 30.3 Å². The maximum atomic E-state index is 11.0. The van der Waals surface area contributed by atoms with Gasteiger partial charge in [-0.3, -0.25) is 10.1 Å². The minimum atomic E-state index is -0.418. The Balaban J connectivity index is 1.95. The molecule has 6 heteroatoms. The van der Waals surface area contributed by atoms with Crippen molar-refractivity contribution in [1.29, 1.82) is 0 Å². The van der Waals surface area contributed by atoms with Crippen molar-refractivity contribution in [2.75, 3.05) is 18.1 Å². The van der Waals surface area contributed by atoms with E-state index >= 15 is 0 Å². The molecule has 0 saturated carbocycles. The Morgan fingerprint density at radius 3 is 2.73 bits per heavy atom. The lowest BCUT2D eigenvalue weighted by atomic mass is 10.1. The van der Waals surface area contributed by atoms with Gasteiger partial charge in [-0.05, 0) is 11.6 Å². The van der Waals surface area contributed by atoms with E-state index in [1.807, 2.05) is 35.2 Å². The molecule has 1 unspecified atom stereocenters. The number of nitrogens with zero attached hydrogens (tertiary/aromatic N) is 2. The number of rotatable bonds is 4. The molecule has 0 aliphatic carbocycles. The number of nitro groups is 1. The van der Waals surface area contributed by atoms with Crippen molar-refractivity contribution in [3.05, 3.63) is 64.2 Å². The van der Waals surface area contributed by atoms with Crippen LogP contribution in [0.15, 0.2) is 48.5 Å². The zero-order chi connectivity index (χ0) is 15.5. The topological polar surface area (TPSA) is 75.8 Å². The maximum absolute atomic E-state index is 11.0. The molecule has 0 aromatic heterocycles. The first-order chi connectivity index (χ1) is 10.7. The molecule has 1 heterocycles. The van der Waals surface area contributed by atoms with Crippen LogP contribution < -0.4 is 9.64 Å². The minimum Gasteiger partial charge on any atom is -0.484 e. The summed E-state index contributed by atoms with van der Waals surface area (Å²) >= 11 is 0. The van der Waals surface area contributed by atoms with Crippen LogP contribution in [0.2, 0.25) is 0 Å². The average molecular weight is 300 g/mol. The molecule has 3 rings (SSSR count). The molecule has 114 valence electrons. The molecule has 1 atom stereocenters. The van der Waals surface area contributed by atoms with E-state index in [1.165, 1.54) is 12.1 Å². The molecule has 2 aromatic rings. The third-order valence-electron chi connectivity index (χ3n) is 3.63. The molecule has 0 amide bonds. The van der Waals surface area contributed by atoms with Gasteiger partial charge in [0, 0.05) is 18.7 Å². The van der Waals surface area contributed by atoms with Gasteiger partial charge < -0.3 is 14.7 Å². The van der Waals surface area contributed by atoms with E-state index in [-0.39, 0.29) is 18.4 Å². The lowest BCUT2D eigenvalue weighted by Crippen LogP contribution is -2.41. The van der Waals surface area contributed by atoms with Gasteiger partial charge in [0.15, 0.2) is 0 Å². The summed E-state index contributed by atoms with van der Waals surface area (Å²) in [7, 11) is 0. The predicted octanol–water partition coefficient (Wildman–Crippen LogP) is 2.35. The van der Waals surface area contributed by atoms with E-state index in [2.05, 4.69) is 0 Å². The summed E-state index contributed by atoms with van der Waals surface area (Å²) in [5, 5.41) is 20.4. The van der Waals surface area contributed by atoms with E-state index in [0.29, 0.717) is 24.5 Å². The fraction of sp³-hybridized carbons (Fsp3) is 0.250. The van der Waals surface area contributed by atoms with Crippen molar-refractivity contribution in [2.45, 2.75) is 12.6 Å². The summed E-state index contributed by atoms with van der Waals surface area (Å²) in [6.45, 7) is 0.996. The Labute approximate surface area is 127 Å². The molecule has 0 saturated heterocycles. The number of hydrogen-bond donors (Lipinski definition) is 1. The molecule has 1 N–H and O–H groups in total. The second kappa shape index (κ2) is 6.03. The van der Waals surface area contributed by atoms with Gasteiger partial charge in [0.05, 0.1) is 23.8 Å². The van der Waals surface area contributed by atoms with Crippen LogP contribution >= 0.6 is 0 Å². The number of hydrogen-bond acceptors (Lipinski definition) is 5. The molecule has 1 aliphatic heterocycles. The third kappa shape index (κ3) is 2.87. The number of aliphatic hydroxyl groups is 1. The van der Waals surface area contributed by atoms with Crippen LogP contribution in [-0.4, -0.2) is 29.3 Å². The molecule has 22 heavy (non-hydrogen) atoms. The molecule has 0 radical (unpaired) electrons. The van der Waals surface area contributed by atoms with Crippen LogP contribution in [0, 0.1) is 10.1 Å². The number of benzene rings is 2. The molecule has 1 aliphatic rings. The predicted molar refractivity (Wildman–Crippen MR) is 82.1 cm³/mol. The number of ether oxygens (including phenoxy) is 1. The van der Waals surface area contributed by atoms with E-state index < -0.39 is 4.92 Å². The molecule has 0 bridgehead atoms. The summed E-state index contributed by atoms with van der Waals surface area (Å²) in [5.74, 6) is 0.562. The second-order valence-corrected chi connectivity index (χ2v) is 5.20. The highest BCUT2D eigenvalue weighted by Crippen LogP contribution is 2.37. The largest absolute Gasteiger partial charge is 0.484 e. The normalized spacial score (nSPS) is 16.8. The number of nitro benzene ring substituents is 1. The quantitative estimate of drug-likeness (QED) is 0.693. The van der Waals surface area contributed by atoms with Crippen LogP contribution in [0.25, 0.3) is 0 Å². The Hall–Kier alpha value is -2.60. The number of fused-ring (bicyclic) bond motifs is 1. The highest BCUT2D eigenvalue weighted by Gasteiger charge is 2.27. The average Bonchev–Trinajstić information content (AvgIpc) is 2.55. The van der Waals surface area contributed by atoms with Crippen molar-refractivity contribution in [1.82, 2.24) is 0 Å². The molecule has 0 fully saturated rings. The molecule has 2 aromatic carbocycles. The van der Waals surface area contributed by atoms with E-state index in [0.717, 1.165) is 5.56 Å². The first-order valence-electron chi connectivity index (χ1n) is 7.02. The zero-order valence-electron chi connectivity index (χ0n) is 11.9. The first kappa shape index (κ1) is 14.3. The highest BCUT2D eigenvalue weighted by molar-refractivity contribution is 5.64. The standard InChI is InChI=1S/C16H16N2O4/c19-11-14-10-17(9-12-4-2-1-3-5-12)15-8-13(18(20)21)6-7-16(15)22-14/h1-8,14,19H,9-11H2. The molecular weight excluding hydrogens is 284 g/mol. The summed E-state index contributed by atoms with van der Waals surface area (Å²) in [6, 6.07) is 14.4. The van der Waals surface area contributed by atoms with Gasteiger partial charge in [-0.15, -0.1) is 0 Å². The van der Waals surface area contributed by atoms with Crippen LogP contribution in [0.4, 0.5) is 11.4 Å². The Kier molecular flexibility index (Phi) is 3.93. The molecule has 6 nitrogen and oxygen atoms in total. The van der Waals surface area contributed by atoms with E-state index in [9.17, 15) is 15.2 Å². The fourth-order valence-corrected chi connectivity index (χ4v) is 2.58. The number of aliphatic hydroxyl groups excluding tert-OH is 1. The molecule has 0 spiro atoms. The Bertz CT molecular complexity index is 675. The number of anilines is 1. The lowest BCUT2D eigenvalue weighted by Gasteiger charge is -2.35. The number of non-ortho nitro benzene ring substituents is 1. The summed E-state index contributed by atoms with van der Waals surface area (Å²) in [5.41, 5.74) is 1.81. The maximum Gasteiger partial charge on any atom is 0.271 e.